The van der Waals surface area contributed by atoms with E-state index in [0.29, 0.717) is 5.78 Å². The smallest absolute Gasteiger partial charge is 0.253 e. The van der Waals surface area contributed by atoms with E-state index in [1.807, 2.05) is 16.1 Å². The van der Waals surface area contributed by atoms with Crippen molar-refractivity contribution < 1.29 is 0 Å². The van der Waals surface area contributed by atoms with E-state index in [-0.39, 0.29) is 5.41 Å². The Kier molecular flexibility index (Phi) is 3.34. The van der Waals surface area contributed by atoms with Crippen LogP contribution in [0.5, 0.6) is 0 Å². The van der Waals surface area contributed by atoms with Gasteiger partial charge in [0.05, 0.1) is 11.0 Å². The van der Waals surface area contributed by atoms with Gasteiger partial charge in [-0.25, -0.2) is 14.5 Å². The Labute approximate surface area is 165 Å². The van der Waals surface area contributed by atoms with Crippen LogP contribution in [0.25, 0.3) is 27.4 Å². The Morgan fingerprint density at radius 2 is 2.00 bits per heavy atom. The molecule has 138 valence electrons. The molecule has 0 aliphatic heterocycles. The molecule has 0 unspecified atom stereocenters. The molecular formula is C21H18N6S. The summed E-state index contributed by atoms with van der Waals surface area (Å²) in [7, 11) is 0. The molecular weight excluding hydrogens is 368 g/mol. The number of H-pyrrole nitrogens is 1. The molecule has 2 aromatic carbocycles. The highest BCUT2D eigenvalue weighted by Crippen LogP contribution is 2.48. The van der Waals surface area contributed by atoms with E-state index in [1.165, 1.54) is 18.4 Å². The number of anilines is 1. The third-order valence-corrected chi connectivity index (χ3v) is 6.40. The first-order chi connectivity index (χ1) is 13.8. The van der Waals surface area contributed by atoms with Crippen LogP contribution in [-0.2, 0) is 5.41 Å². The number of imidazole rings is 1. The van der Waals surface area contributed by atoms with Gasteiger partial charge in [0.15, 0.2) is 0 Å². The average Bonchev–Trinajstić information content (AvgIpc) is 3.08. The van der Waals surface area contributed by atoms with E-state index in [0.717, 1.165) is 34.1 Å². The first kappa shape index (κ1) is 15.8. The van der Waals surface area contributed by atoms with Crippen molar-refractivity contribution in [3.05, 3.63) is 65.7 Å². The maximum atomic E-state index is 4.68. The Morgan fingerprint density at radius 3 is 2.79 bits per heavy atom. The van der Waals surface area contributed by atoms with Crippen LogP contribution in [0.2, 0.25) is 0 Å². The van der Waals surface area contributed by atoms with Gasteiger partial charge < -0.3 is 5.32 Å². The predicted octanol–water partition coefficient (Wildman–Crippen LogP) is 4.48. The fourth-order valence-corrected chi connectivity index (χ4v) is 4.46. The van der Waals surface area contributed by atoms with Crippen LogP contribution in [0.1, 0.15) is 18.4 Å². The van der Waals surface area contributed by atoms with Gasteiger partial charge in [-0.3, -0.25) is 5.10 Å². The predicted molar refractivity (Wildman–Crippen MR) is 112 cm³/mol. The number of thiazole rings is 1. The minimum Gasteiger partial charge on any atom is -0.354 e. The summed E-state index contributed by atoms with van der Waals surface area (Å²) in [6.07, 6.45) is 4.25. The standard InChI is InChI=1S/C21H18N6S/c1-2-4-15(5-3-1)21(8-9-21)13-23-19-25-20-24-16-12-14(18-22-10-11-28-18)6-7-17(16)27(20)26-19/h1-7,10-12H,8-9,13H2,(H2,23,24,25,26). The summed E-state index contributed by atoms with van der Waals surface area (Å²) in [5.41, 5.74) is 4.65. The van der Waals surface area contributed by atoms with Gasteiger partial charge in [-0.15, -0.1) is 11.3 Å². The number of hydrogen-bond acceptors (Lipinski definition) is 5. The molecule has 1 aliphatic carbocycles. The van der Waals surface area contributed by atoms with Crippen LogP contribution >= 0.6 is 11.3 Å². The highest BCUT2D eigenvalue weighted by molar-refractivity contribution is 7.13. The van der Waals surface area contributed by atoms with Crippen molar-refractivity contribution in [3.8, 4) is 10.6 Å². The molecule has 28 heavy (non-hydrogen) atoms. The minimum absolute atomic E-state index is 0.237. The monoisotopic (exact) mass is 386 g/mol. The lowest BCUT2D eigenvalue weighted by Crippen LogP contribution is -2.20. The van der Waals surface area contributed by atoms with Gasteiger partial charge in [0.25, 0.3) is 5.78 Å². The van der Waals surface area contributed by atoms with Crippen LogP contribution < -0.4 is 5.32 Å². The van der Waals surface area contributed by atoms with Crippen LogP contribution in [0.3, 0.4) is 0 Å². The zero-order valence-electron chi connectivity index (χ0n) is 15.1. The van der Waals surface area contributed by atoms with E-state index >= 15 is 0 Å². The molecule has 0 amide bonds. The van der Waals surface area contributed by atoms with Crippen molar-refractivity contribution in [2.45, 2.75) is 18.3 Å². The lowest BCUT2D eigenvalue weighted by Gasteiger charge is -2.15. The highest BCUT2D eigenvalue weighted by atomic mass is 32.1. The van der Waals surface area contributed by atoms with Crippen molar-refractivity contribution in [1.29, 1.82) is 0 Å². The Hall–Kier alpha value is -3.19. The summed E-state index contributed by atoms with van der Waals surface area (Å²) in [6.45, 7) is 0.875. The Balaban J connectivity index is 1.28. The summed E-state index contributed by atoms with van der Waals surface area (Å²) in [5, 5.41) is 9.82. The third-order valence-electron chi connectivity index (χ3n) is 5.58. The van der Waals surface area contributed by atoms with E-state index < -0.39 is 0 Å². The van der Waals surface area contributed by atoms with E-state index in [9.17, 15) is 0 Å². The molecule has 2 N–H and O–H groups in total. The van der Waals surface area contributed by atoms with Crippen LogP contribution in [0, 0.1) is 0 Å². The molecule has 5 aromatic rings. The van der Waals surface area contributed by atoms with Gasteiger partial charge in [-0.1, -0.05) is 30.3 Å². The van der Waals surface area contributed by atoms with Crippen molar-refractivity contribution >= 4 is 34.1 Å². The molecule has 0 spiro atoms. The summed E-state index contributed by atoms with van der Waals surface area (Å²) in [5.74, 6) is 1.44. The molecule has 6 nitrogen and oxygen atoms in total. The van der Waals surface area contributed by atoms with Crippen LogP contribution in [0.15, 0.2) is 60.1 Å². The number of nitrogens with zero attached hydrogens (tertiary/aromatic N) is 4. The van der Waals surface area contributed by atoms with Gasteiger partial charge in [0.1, 0.15) is 5.01 Å². The summed E-state index contributed by atoms with van der Waals surface area (Å²) >= 11 is 1.63. The molecule has 0 bridgehead atoms. The zero-order valence-corrected chi connectivity index (χ0v) is 15.9. The molecule has 6 rings (SSSR count). The first-order valence-electron chi connectivity index (χ1n) is 9.38. The SMILES string of the molecule is c1ccc(C2(CNc3nc4nc5cc(-c6nccs6)ccc5n4[nH]3)CC2)cc1. The van der Waals surface area contributed by atoms with Crippen LogP contribution in [0.4, 0.5) is 5.95 Å². The number of nitrogens with one attached hydrogen (secondary N) is 2. The van der Waals surface area contributed by atoms with Crippen molar-refractivity contribution in [3.63, 3.8) is 0 Å². The zero-order chi connectivity index (χ0) is 18.6. The number of fused-ring (bicyclic) bond motifs is 3. The molecule has 1 aliphatic rings. The van der Waals surface area contributed by atoms with E-state index in [1.54, 1.807) is 11.3 Å². The average molecular weight is 386 g/mol. The highest BCUT2D eigenvalue weighted by Gasteiger charge is 2.44. The second kappa shape index (κ2) is 5.90. The van der Waals surface area contributed by atoms with Gasteiger partial charge in [-0.2, -0.15) is 4.98 Å². The topological polar surface area (TPSA) is 70.9 Å². The van der Waals surface area contributed by atoms with Gasteiger partial charge in [0, 0.05) is 29.1 Å². The lowest BCUT2D eigenvalue weighted by molar-refractivity contribution is 0.727. The Morgan fingerprint density at radius 1 is 1.11 bits per heavy atom. The second-order valence-electron chi connectivity index (χ2n) is 7.36. The number of aromatic nitrogens is 5. The van der Waals surface area contributed by atoms with Crippen LogP contribution in [-0.4, -0.2) is 31.1 Å². The summed E-state index contributed by atoms with van der Waals surface area (Å²) in [4.78, 5) is 13.7. The minimum atomic E-state index is 0.237. The molecule has 7 heteroatoms. The van der Waals surface area contributed by atoms with E-state index in [2.05, 4.69) is 73.9 Å². The fraction of sp³-hybridized carbons (Fsp3) is 0.190. The van der Waals surface area contributed by atoms with Crippen molar-refractivity contribution in [2.24, 2.45) is 0 Å². The molecule has 3 heterocycles. The number of hydrogen-bond donors (Lipinski definition) is 2. The van der Waals surface area contributed by atoms with E-state index in [4.69, 9.17) is 0 Å². The number of rotatable bonds is 5. The molecule has 1 saturated carbocycles. The summed E-state index contributed by atoms with van der Waals surface area (Å²) in [6, 6.07) is 17.0. The maximum absolute atomic E-state index is 4.68. The number of benzene rings is 2. The van der Waals surface area contributed by atoms with Gasteiger partial charge in [-0.05, 0) is 36.6 Å². The fourth-order valence-electron chi connectivity index (χ4n) is 3.82. The molecule has 3 aromatic heterocycles. The molecule has 0 atom stereocenters. The normalized spacial score (nSPS) is 15.3. The third kappa shape index (κ3) is 2.51. The molecule has 0 radical (unpaired) electrons. The second-order valence-corrected chi connectivity index (χ2v) is 8.25. The quantitative estimate of drug-likeness (QED) is 0.467. The summed E-state index contributed by atoms with van der Waals surface area (Å²) < 4.78 is 1.94. The molecule has 0 saturated heterocycles. The maximum Gasteiger partial charge on any atom is 0.253 e. The van der Waals surface area contributed by atoms with Crippen molar-refractivity contribution in [2.75, 3.05) is 11.9 Å². The van der Waals surface area contributed by atoms with Gasteiger partial charge >= 0.3 is 0 Å². The molecule has 1 fully saturated rings. The number of aromatic amines is 1. The van der Waals surface area contributed by atoms with Gasteiger partial charge in [0.2, 0.25) is 5.95 Å². The first-order valence-corrected chi connectivity index (χ1v) is 10.3. The van der Waals surface area contributed by atoms with Crippen molar-refractivity contribution in [1.82, 2.24) is 24.6 Å². The largest absolute Gasteiger partial charge is 0.354 e. The Bertz CT molecular complexity index is 1260. The lowest BCUT2D eigenvalue weighted by atomic mass is 9.96.